The summed E-state index contributed by atoms with van der Waals surface area (Å²) in [6, 6.07) is 36.3. The molecule has 0 fully saturated rings. The molecular weight excluding hydrogens is 737 g/mol. The average Bonchev–Trinajstić information content (AvgIpc) is 3.23. The number of pyridine rings is 2. The monoisotopic (exact) mass is 786 g/mol. The molecule has 5 rings (SSSR count). The molecule has 4 atom stereocenters. The van der Waals surface area contributed by atoms with E-state index >= 15 is 0 Å². The second-order valence-corrected chi connectivity index (χ2v) is 15.6. The van der Waals surface area contributed by atoms with Crippen LogP contribution in [-0.2, 0) is 22.7 Å². The molecule has 3 aromatic carbocycles. The number of hydrogen-bond donors (Lipinski definition) is 3. The fraction of sp³-hybridized carbons (Fsp3) is 0.289. The Labute approximate surface area is 338 Å². The number of aliphatic hydroxyl groups excluding tert-OH is 1. The van der Waals surface area contributed by atoms with Gasteiger partial charge in [-0.2, -0.15) is 0 Å². The van der Waals surface area contributed by atoms with Crippen molar-refractivity contribution in [1.29, 1.82) is 0 Å². The predicted molar refractivity (Wildman–Crippen MR) is 222 cm³/mol. The molecule has 3 N–H and O–H groups in total. The summed E-state index contributed by atoms with van der Waals surface area (Å²) >= 11 is 1.29. The van der Waals surface area contributed by atoms with Crippen molar-refractivity contribution >= 4 is 35.4 Å². The Morgan fingerprint density at radius 3 is 1.49 bits per heavy atom. The summed E-state index contributed by atoms with van der Waals surface area (Å²) in [6.45, 7) is 7.43. The summed E-state index contributed by atoms with van der Waals surface area (Å²) in [7, 11) is 0. The van der Waals surface area contributed by atoms with Crippen LogP contribution in [0, 0.1) is 11.8 Å². The molecule has 0 radical (unpaired) electrons. The van der Waals surface area contributed by atoms with Crippen molar-refractivity contribution in [2.75, 3.05) is 6.54 Å². The quantitative estimate of drug-likeness (QED) is 0.0702. The van der Waals surface area contributed by atoms with Gasteiger partial charge in [-0.25, -0.2) is 0 Å². The van der Waals surface area contributed by atoms with Gasteiger partial charge >= 0.3 is 0 Å². The smallest absolute Gasteiger partial charge is 0.270 e. The van der Waals surface area contributed by atoms with E-state index in [1.807, 2.05) is 119 Å². The van der Waals surface area contributed by atoms with Crippen molar-refractivity contribution in [3.63, 3.8) is 0 Å². The van der Waals surface area contributed by atoms with Crippen molar-refractivity contribution < 1.29 is 24.3 Å². The van der Waals surface area contributed by atoms with Crippen molar-refractivity contribution in [3.8, 4) is 0 Å². The zero-order valence-corrected chi connectivity index (χ0v) is 33.5. The van der Waals surface area contributed by atoms with Gasteiger partial charge in [-0.1, -0.05) is 130 Å². The first-order chi connectivity index (χ1) is 27.5. The van der Waals surface area contributed by atoms with Crippen LogP contribution in [0.5, 0.6) is 0 Å². The molecule has 0 spiro atoms. The fourth-order valence-electron chi connectivity index (χ4n) is 6.24. The molecule has 0 saturated heterocycles. The molecule has 57 heavy (non-hydrogen) atoms. The van der Waals surface area contributed by atoms with E-state index in [0.717, 1.165) is 16.0 Å². The third kappa shape index (κ3) is 12.1. The average molecular weight is 787 g/mol. The van der Waals surface area contributed by atoms with Gasteiger partial charge in [0, 0.05) is 36.9 Å². The second kappa shape index (κ2) is 20.9. The van der Waals surface area contributed by atoms with Gasteiger partial charge in [-0.05, 0) is 59.4 Å². The molecule has 0 bridgehead atoms. The summed E-state index contributed by atoms with van der Waals surface area (Å²) in [6.07, 6.45) is 1.72. The van der Waals surface area contributed by atoms with Crippen LogP contribution in [0.25, 0.3) is 0 Å². The zero-order valence-electron chi connectivity index (χ0n) is 32.6. The van der Waals surface area contributed by atoms with E-state index in [0.29, 0.717) is 0 Å². The number of amides is 4. The van der Waals surface area contributed by atoms with Gasteiger partial charge < -0.3 is 25.5 Å². The predicted octanol–water partition coefficient (Wildman–Crippen LogP) is 6.22. The standard InChI is InChI=1S/C45H50N6O5S/c1-31(2)39(48-41(53)36-24-14-16-26-46-36)43(55)50(28-33-18-8-5-9-19-33)30-38(52)45(57-35-22-12-7-13-23-35)51(29-34-20-10-6-11-21-34)44(56)40(32(3)4)49-42(54)37-25-15-17-27-47-37/h5-27,31-32,38-40,45,52H,28-30H2,1-4H3,(H,48,53)(H,49,54)/t38?,39-,40-,45?/m0/s1. The fourth-order valence-corrected chi connectivity index (χ4v) is 7.38. The molecule has 0 saturated carbocycles. The molecule has 0 aliphatic carbocycles. The summed E-state index contributed by atoms with van der Waals surface area (Å²) in [5.74, 6) is -2.46. The first kappa shape index (κ1) is 42.3. The maximum atomic E-state index is 15.0. The third-order valence-electron chi connectivity index (χ3n) is 9.28. The number of nitrogens with zero attached hydrogens (tertiary/aromatic N) is 4. The Kier molecular flexibility index (Phi) is 15.5. The first-order valence-corrected chi connectivity index (χ1v) is 19.9. The summed E-state index contributed by atoms with van der Waals surface area (Å²) < 4.78 is 0. The van der Waals surface area contributed by atoms with Gasteiger partial charge in [0.1, 0.15) is 34.9 Å². The highest BCUT2D eigenvalue weighted by Crippen LogP contribution is 2.31. The van der Waals surface area contributed by atoms with Crippen LogP contribution in [0.15, 0.2) is 145 Å². The van der Waals surface area contributed by atoms with E-state index in [2.05, 4.69) is 20.6 Å². The Balaban J connectivity index is 1.54. The lowest BCUT2D eigenvalue weighted by atomic mass is 10.0. The molecule has 296 valence electrons. The van der Waals surface area contributed by atoms with E-state index in [4.69, 9.17) is 0 Å². The Hall–Kier alpha value is -5.85. The van der Waals surface area contributed by atoms with Crippen LogP contribution in [0.4, 0.5) is 0 Å². The van der Waals surface area contributed by atoms with Crippen LogP contribution in [0.1, 0.15) is 59.8 Å². The zero-order chi connectivity index (χ0) is 40.7. The highest BCUT2D eigenvalue weighted by atomic mass is 32.2. The number of thioether (sulfide) groups is 1. The van der Waals surface area contributed by atoms with E-state index < -0.39 is 47.2 Å². The van der Waals surface area contributed by atoms with Gasteiger partial charge in [-0.15, -0.1) is 0 Å². The van der Waals surface area contributed by atoms with Gasteiger partial charge in [0.15, 0.2) is 0 Å². The van der Waals surface area contributed by atoms with E-state index in [1.165, 1.54) is 29.1 Å². The number of nitrogens with one attached hydrogen (secondary N) is 2. The minimum atomic E-state index is -1.31. The summed E-state index contributed by atoms with van der Waals surface area (Å²) in [4.78, 5) is 68.7. The van der Waals surface area contributed by atoms with Crippen molar-refractivity contribution in [2.24, 2.45) is 11.8 Å². The Morgan fingerprint density at radius 1 is 0.596 bits per heavy atom. The lowest BCUT2D eigenvalue weighted by molar-refractivity contribution is -0.139. The van der Waals surface area contributed by atoms with E-state index in [9.17, 15) is 24.3 Å². The molecule has 2 heterocycles. The van der Waals surface area contributed by atoms with Gasteiger partial charge in [-0.3, -0.25) is 29.1 Å². The number of carbonyl (C=O) groups is 4. The van der Waals surface area contributed by atoms with Gasteiger partial charge in [0.2, 0.25) is 11.8 Å². The van der Waals surface area contributed by atoms with Crippen LogP contribution in [0.3, 0.4) is 0 Å². The van der Waals surface area contributed by atoms with Crippen molar-refractivity contribution in [2.45, 2.75) is 69.2 Å². The van der Waals surface area contributed by atoms with Crippen LogP contribution in [-0.4, -0.2) is 78.6 Å². The van der Waals surface area contributed by atoms with Crippen LogP contribution >= 0.6 is 11.8 Å². The maximum absolute atomic E-state index is 15.0. The third-order valence-corrected chi connectivity index (χ3v) is 10.6. The maximum Gasteiger partial charge on any atom is 0.270 e. The van der Waals surface area contributed by atoms with E-state index in [-0.39, 0.29) is 42.9 Å². The molecule has 12 heteroatoms. The summed E-state index contributed by atoms with van der Waals surface area (Å²) in [5.41, 5.74) is 1.98. The normalized spacial score (nSPS) is 13.2. The molecular formula is C45H50N6O5S. The van der Waals surface area contributed by atoms with Crippen LogP contribution < -0.4 is 10.6 Å². The molecule has 2 unspecified atom stereocenters. The van der Waals surface area contributed by atoms with Crippen LogP contribution in [0.2, 0.25) is 0 Å². The lowest BCUT2D eigenvalue weighted by Crippen LogP contribution is -2.58. The topological polar surface area (TPSA) is 145 Å². The van der Waals surface area contributed by atoms with Gasteiger partial charge in [0.05, 0.1) is 0 Å². The molecule has 2 aromatic heterocycles. The molecule has 0 aliphatic heterocycles. The SMILES string of the molecule is CC(C)[C@H](NC(=O)c1ccccn1)C(=O)N(Cc1ccccc1)CC(O)C(Sc1ccccc1)N(Cc1ccccc1)C(=O)[C@@H](NC(=O)c1ccccn1)C(C)C. The summed E-state index contributed by atoms with van der Waals surface area (Å²) in [5, 5.41) is 17.4. The number of aliphatic hydroxyl groups is 1. The minimum absolute atomic E-state index is 0.102. The minimum Gasteiger partial charge on any atom is -0.388 e. The Bertz CT molecular complexity index is 2020. The van der Waals surface area contributed by atoms with Crippen molar-refractivity contribution in [3.05, 3.63) is 162 Å². The van der Waals surface area contributed by atoms with E-state index in [1.54, 1.807) is 41.3 Å². The number of benzene rings is 3. The highest BCUT2D eigenvalue weighted by Gasteiger charge is 2.39. The molecule has 11 nitrogen and oxygen atoms in total. The second-order valence-electron chi connectivity index (χ2n) is 14.4. The number of aromatic nitrogens is 2. The first-order valence-electron chi connectivity index (χ1n) is 19.0. The Morgan fingerprint density at radius 2 is 1.04 bits per heavy atom. The molecule has 0 aliphatic rings. The highest BCUT2D eigenvalue weighted by molar-refractivity contribution is 8.00. The number of hydrogen-bond acceptors (Lipinski definition) is 8. The van der Waals surface area contributed by atoms with Crippen molar-refractivity contribution in [1.82, 2.24) is 30.4 Å². The number of rotatable bonds is 18. The largest absolute Gasteiger partial charge is 0.388 e. The molecule has 5 aromatic rings. The molecule has 4 amide bonds. The number of carbonyl (C=O) groups excluding carboxylic acids is 4. The lowest BCUT2D eigenvalue weighted by Gasteiger charge is -2.39. The van der Waals surface area contributed by atoms with Gasteiger partial charge in [0.25, 0.3) is 11.8 Å².